The Balaban J connectivity index is 0.000000550. The summed E-state index contributed by atoms with van der Waals surface area (Å²) in [5, 5.41) is 0. The van der Waals surface area contributed by atoms with E-state index in [2.05, 4.69) is 6.92 Å². The van der Waals surface area contributed by atoms with Gasteiger partial charge in [-0.3, -0.25) is 4.79 Å². The molecule has 1 aromatic carbocycles. The fourth-order valence-electron chi connectivity index (χ4n) is 2.19. The van der Waals surface area contributed by atoms with Gasteiger partial charge in [0.05, 0.1) is 0 Å². The third-order valence-electron chi connectivity index (χ3n) is 3.45. The Bertz CT molecular complexity index is 456. The van der Waals surface area contributed by atoms with Gasteiger partial charge in [-0.1, -0.05) is 25.1 Å². The van der Waals surface area contributed by atoms with E-state index in [-0.39, 0.29) is 12.1 Å². The fourth-order valence-corrected chi connectivity index (χ4v) is 2.19. The van der Waals surface area contributed by atoms with Gasteiger partial charge in [-0.15, -0.1) is 0 Å². The number of carbonyl (C=O) groups excluding carboxylic acids is 3. The van der Waals surface area contributed by atoms with E-state index in [0.717, 1.165) is 43.0 Å². The van der Waals surface area contributed by atoms with Crippen LogP contribution >= 0.6 is 0 Å². The highest BCUT2D eigenvalue weighted by molar-refractivity contribution is 5.95. The standard InChI is InChI=1S/C14H19NO.CO2/c1-11-7-9-15(10-8-11)14(16)13-6-4-3-5-12(13)2;2-1-3/h3-6,11H,7-10H2,1-2H3;. The normalized spacial score (nSPS) is 15.2. The molecule has 1 aromatic rings. The van der Waals surface area contributed by atoms with E-state index in [1.54, 1.807) is 0 Å². The summed E-state index contributed by atoms with van der Waals surface area (Å²) in [7, 11) is 0. The number of hydrogen-bond acceptors (Lipinski definition) is 3. The molecule has 1 saturated heterocycles. The highest BCUT2D eigenvalue weighted by Crippen LogP contribution is 2.19. The van der Waals surface area contributed by atoms with E-state index >= 15 is 0 Å². The van der Waals surface area contributed by atoms with Crippen molar-refractivity contribution in [2.45, 2.75) is 26.7 Å². The number of aryl methyl sites for hydroxylation is 1. The monoisotopic (exact) mass is 261 g/mol. The van der Waals surface area contributed by atoms with Crippen molar-refractivity contribution in [3.8, 4) is 0 Å². The number of piperidine rings is 1. The van der Waals surface area contributed by atoms with Crippen LogP contribution in [0.15, 0.2) is 24.3 Å². The summed E-state index contributed by atoms with van der Waals surface area (Å²) in [6.07, 6.45) is 2.52. The van der Waals surface area contributed by atoms with Gasteiger partial charge < -0.3 is 4.90 Å². The Labute approximate surface area is 113 Å². The number of nitrogens with zero attached hydrogens (tertiary/aromatic N) is 1. The van der Waals surface area contributed by atoms with E-state index in [4.69, 9.17) is 9.59 Å². The number of rotatable bonds is 1. The molecule has 1 aliphatic rings. The molecule has 0 bridgehead atoms. The van der Waals surface area contributed by atoms with Crippen molar-refractivity contribution < 1.29 is 14.4 Å². The van der Waals surface area contributed by atoms with Crippen LogP contribution in [0, 0.1) is 12.8 Å². The Kier molecular flexibility index (Phi) is 5.97. The molecule has 0 aromatic heterocycles. The molecular weight excluding hydrogens is 242 g/mol. The zero-order valence-electron chi connectivity index (χ0n) is 11.4. The zero-order chi connectivity index (χ0) is 14.3. The Morgan fingerprint density at radius 1 is 1.21 bits per heavy atom. The molecule has 0 spiro atoms. The second kappa shape index (κ2) is 7.49. The zero-order valence-corrected chi connectivity index (χ0v) is 11.4. The maximum atomic E-state index is 12.3. The van der Waals surface area contributed by atoms with Crippen LogP contribution in [0.3, 0.4) is 0 Å². The summed E-state index contributed by atoms with van der Waals surface area (Å²) in [4.78, 5) is 30.5. The van der Waals surface area contributed by atoms with Gasteiger partial charge in [-0.2, -0.15) is 9.59 Å². The predicted octanol–water partition coefficient (Wildman–Crippen LogP) is 2.28. The molecule has 2 rings (SSSR count). The molecule has 1 heterocycles. The average molecular weight is 261 g/mol. The first-order chi connectivity index (χ1) is 9.10. The third-order valence-corrected chi connectivity index (χ3v) is 3.45. The van der Waals surface area contributed by atoms with Gasteiger partial charge in [0.2, 0.25) is 0 Å². The first kappa shape index (κ1) is 15.1. The smallest absolute Gasteiger partial charge is 0.339 e. The van der Waals surface area contributed by atoms with Crippen LogP contribution in [0.1, 0.15) is 35.7 Å². The molecule has 1 aliphatic heterocycles. The summed E-state index contributed by atoms with van der Waals surface area (Å²) in [5.41, 5.74) is 1.93. The number of carbonyl (C=O) groups is 1. The summed E-state index contributed by atoms with van der Waals surface area (Å²) >= 11 is 0. The summed E-state index contributed by atoms with van der Waals surface area (Å²) < 4.78 is 0. The summed E-state index contributed by atoms with van der Waals surface area (Å²) in [6, 6.07) is 7.84. The summed E-state index contributed by atoms with van der Waals surface area (Å²) in [5.74, 6) is 0.964. The first-order valence-corrected chi connectivity index (χ1v) is 6.44. The minimum absolute atomic E-state index is 0.199. The Hall–Kier alpha value is -1.93. The molecule has 0 unspecified atom stereocenters. The van der Waals surface area contributed by atoms with Crippen molar-refractivity contribution in [3.63, 3.8) is 0 Å². The molecule has 4 heteroatoms. The molecule has 0 atom stereocenters. The molecule has 102 valence electrons. The number of benzene rings is 1. The van der Waals surface area contributed by atoms with Crippen LogP contribution in [-0.2, 0) is 9.59 Å². The predicted molar refractivity (Wildman–Crippen MR) is 70.5 cm³/mol. The van der Waals surface area contributed by atoms with Crippen molar-refractivity contribution in [1.29, 1.82) is 0 Å². The van der Waals surface area contributed by atoms with Crippen LogP contribution in [0.4, 0.5) is 0 Å². The van der Waals surface area contributed by atoms with Gasteiger partial charge in [0.25, 0.3) is 5.91 Å². The Morgan fingerprint density at radius 2 is 1.74 bits per heavy atom. The molecule has 1 amide bonds. The maximum Gasteiger partial charge on any atom is 0.373 e. The van der Waals surface area contributed by atoms with Crippen LogP contribution in [0.5, 0.6) is 0 Å². The Morgan fingerprint density at radius 3 is 2.26 bits per heavy atom. The lowest BCUT2D eigenvalue weighted by atomic mass is 9.98. The van der Waals surface area contributed by atoms with Crippen molar-refractivity contribution in [2.75, 3.05) is 13.1 Å². The van der Waals surface area contributed by atoms with E-state index in [1.807, 2.05) is 36.1 Å². The maximum absolute atomic E-state index is 12.3. The fraction of sp³-hybridized carbons (Fsp3) is 0.467. The second-order valence-corrected chi connectivity index (χ2v) is 4.87. The van der Waals surface area contributed by atoms with Crippen LogP contribution < -0.4 is 0 Å². The molecule has 0 saturated carbocycles. The average Bonchev–Trinajstić information content (AvgIpc) is 2.40. The van der Waals surface area contributed by atoms with Gasteiger partial charge >= 0.3 is 6.15 Å². The van der Waals surface area contributed by atoms with E-state index in [1.165, 1.54) is 0 Å². The van der Waals surface area contributed by atoms with Crippen molar-refractivity contribution >= 4 is 12.1 Å². The minimum atomic E-state index is 0.199. The highest BCUT2D eigenvalue weighted by Gasteiger charge is 2.21. The lowest BCUT2D eigenvalue weighted by Gasteiger charge is -2.30. The lowest BCUT2D eigenvalue weighted by Crippen LogP contribution is -2.38. The van der Waals surface area contributed by atoms with Crippen molar-refractivity contribution in [3.05, 3.63) is 35.4 Å². The second-order valence-electron chi connectivity index (χ2n) is 4.87. The first-order valence-electron chi connectivity index (χ1n) is 6.44. The molecule has 19 heavy (non-hydrogen) atoms. The van der Waals surface area contributed by atoms with Crippen LogP contribution in [-0.4, -0.2) is 30.0 Å². The van der Waals surface area contributed by atoms with Gasteiger partial charge in [-0.25, -0.2) is 0 Å². The van der Waals surface area contributed by atoms with Crippen molar-refractivity contribution in [1.82, 2.24) is 4.90 Å². The van der Waals surface area contributed by atoms with E-state index < -0.39 is 0 Å². The lowest BCUT2D eigenvalue weighted by molar-refractivity contribution is -0.191. The van der Waals surface area contributed by atoms with E-state index in [9.17, 15) is 4.79 Å². The topological polar surface area (TPSA) is 54.5 Å². The van der Waals surface area contributed by atoms with Crippen LogP contribution in [0.2, 0.25) is 0 Å². The van der Waals surface area contributed by atoms with Gasteiger partial charge in [0.15, 0.2) is 0 Å². The number of amides is 1. The largest absolute Gasteiger partial charge is 0.373 e. The molecule has 4 nitrogen and oxygen atoms in total. The van der Waals surface area contributed by atoms with Crippen LogP contribution in [0.25, 0.3) is 0 Å². The molecular formula is C15H19NO3. The quantitative estimate of drug-likeness (QED) is 0.779. The van der Waals surface area contributed by atoms with Gasteiger partial charge in [0.1, 0.15) is 0 Å². The number of likely N-dealkylation sites (tertiary alicyclic amines) is 1. The van der Waals surface area contributed by atoms with Gasteiger partial charge in [-0.05, 0) is 37.3 Å². The van der Waals surface area contributed by atoms with Gasteiger partial charge in [0, 0.05) is 18.7 Å². The minimum Gasteiger partial charge on any atom is -0.339 e. The summed E-state index contributed by atoms with van der Waals surface area (Å²) in [6.45, 7) is 6.08. The van der Waals surface area contributed by atoms with Crippen molar-refractivity contribution in [2.24, 2.45) is 5.92 Å². The molecule has 1 fully saturated rings. The highest BCUT2D eigenvalue weighted by atomic mass is 16.2. The number of hydrogen-bond donors (Lipinski definition) is 0. The molecule has 0 aliphatic carbocycles. The molecule has 0 radical (unpaired) electrons. The van der Waals surface area contributed by atoms with E-state index in [0.29, 0.717) is 0 Å². The third kappa shape index (κ3) is 4.34. The molecule has 0 N–H and O–H groups in total. The SMILES string of the molecule is Cc1ccccc1C(=O)N1CCC(C)CC1.O=C=O.